The molecule has 1 aromatic rings. The topological polar surface area (TPSA) is 31.2 Å². The summed E-state index contributed by atoms with van der Waals surface area (Å²) in [6, 6.07) is 0. The molecule has 0 radical (unpaired) electrons. The van der Waals surface area contributed by atoms with Gasteiger partial charge in [-0.1, -0.05) is 0 Å². The Kier molecular flexibility index (Phi) is 3.00. The van der Waals surface area contributed by atoms with Gasteiger partial charge in [-0.05, 0) is 36.4 Å². The normalized spacial score (nSPS) is 10.2. The summed E-state index contributed by atoms with van der Waals surface area (Å²) in [6.07, 6.45) is 0. The molecule has 1 heterocycles. The van der Waals surface area contributed by atoms with E-state index in [4.69, 9.17) is 4.74 Å². The number of methoxy groups -OCH3 is 1. The molecule has 1 aromatic heterocycles. The molecule has 3 nitrogen and oxygen atoms in total. The van der Waals surface area contributed by atoms with Crippen molar-refractivity contribution in [2.45, 2.75) is 13.8 Å². The number of halogens is 1. The zero-order chi connectivity index (χ0) is 10.2. The first-order valence-corrected chi connectivity index (χ1v) is 4.98. The third-order valence-electron chi connectivity index (χ3n) is 2.29. The molecule has 0 saturated carbocycles. The molecule has 4 heteroatoms. The minimum absolute atomic E-state index is 0.259. The molecular weight excluding hydrogens is 281 g/mol. The molecule has 13 heavy (non-hydrogen) atoms. The molecule has 0 aromatic carbocycles. The van der Waals surface area contributed by atoms with Gasteiger partial charge in [0.1, 0.15) is 0 Å². The SMILES string of the molecule is COC(=O)c1c(I)c(C)n(C)c1C. The summed E-state index contributed by atoms with van der Waals surface area (Å²) < 4.78 is 7.68. The van der Waals surface area contributed by atoms with Crippen molar-refractivity contribution in [3.8, 4) is 0 Å². The first-order chi connectivity index (χ1) is 6.00. The van der Waals surface area contributed by atoms with Crippen LogP contribution in [0.15, 0.2) is 0 Å². The molecule has 0 amide bonds. The number of ether oxygens (including phenoxy) is 1. The lowest BCUT2D eigenvalue weighted by atomic mass is 10.2. The predicted molar refractivity (Wildman–Crippen MR) is 58.9 cm³/mol. The van der Waals surface area contributed by atoms with Gasteiger partial charge in [0.15, 0.2) is 0 Å². The van der Waals surface area contributed by atoms with Gasteiger partial charge < -0.3 is 9.30 Å². The van der Waals surface area contributed by atoms with Crippen LogP contribution >= 0.6 is 22.6 Å². The Hall–Kier alpha value is -0.520. The highest BCUT2D eigenvalue weighted by molar-refractivity contribution is 14.1. The molecule has 0 unspecified atom stereocenters. The fraction of sp³-hybridized carbons (Fsp3) is 0.444. The monoisotopic (exact) mass is 293 g/mol. The smallest absolute Gasteiger partial charge is 0.340 e. The molecule has 0 fully saturated rings. The largest absolute Gasteiger partial charge is 0.465 e. The number of aromatic nitrogens is 1. The Balaban J connectivity index is 3.37. The lowest BCUT2D eigenvalue weighted by molar-refractivity contribution is 0.0598. The quantitative estimate of drug-likeness (QED) is 0.586. The van der Waals surface area contributed by atoms with E-state index in [1.165, 1.54) is 7.11 Å². The highest BCUT2D eigenvalue weighted by Crippen LogP contribution is 2.23. The van der Waals surface area contributed by atoms with Gasteiger partial charge in [0, 0.05) is 22.0 Å². The van der Waals surface area contributed by atoms with E-state index < -0.39 is 0 Å². The van der Waals surface area contributed by atoms with Crippen molar-refractivity contribution in [2.75, 3.05) is 7.11 Å². The summed E-state index contributed by atoms with van der Waals surface area (Å²) in [7, 11) is 3.35. The van der Waals surface area contributed by atoms with E-state index in [0.717, 1.165) is 15.0 Å². The van der Waals surface area contributed by atoms with Crippen LogP contribution in [0.4, 0.5) is 0 Å². The number of carbonyl (C=O) groups excluding carboxylic acids is 1. The van der Waals surface area contributed by atoms with E-state index in [2.05, 4.69) is 22.6 Å². The summed E-state index contributed by atoms with van der Waals surface area (Å²) in [6.45, 7) is 3.91. The van der Waals surface area contributed by atoms with Crippen molar-refractivity contribution < 1.29 is 9.53 Å². The van der Waals surface area contributed by atoms with Crippen LogP contribution in [0.1, 0.15) is 21.7 Å². The molecule has 0 saturated heterocycles. The van der Waals surface area contributed by atoms with Crippen LogP contribution in [-0.4, -0.2) is 17.6 Å². The van der Waals surface area contributed by atoms with E-state index in [9.17, 15) is 4.79 Å². The fourth-order valence-electron chi connectivity index (χ4n) is 1.25. The second-order valence-electron chi connectivity index (χ2n) is 2.91. The lowest BCUT2D eigenvalue weighted by Gasteiger charge is -2.00. The van der Waals surface area contributed by atoms with Gasteiger partial charge in [0.2, 0.25) is 0 Å². The molecular formula is C9H12INO2. The van der Waals surface area contributed by atoms with Gasteiger partial charge in [-0.25, -0.2) is 4.79 Å². The van der Waals surface area contributed by atoms with Crippen LogP contribution < -0.4 is 0 Å². The Morgan fingerprint density at radius 3 is 2.23 bits per heavy atom. The second kappa shape index (κ2) is 3.69. The highest BCUT2D eigenvalue weighted by atomic mass is 127. The Labute approximate surface area is 91.2 Å². The third kappa shape index (κ3) is 1.59. The Morgan fingerprint density at radius 1 is 1.38 bits per heavy atom. The van der Waals surface area contributed by atoms with E-state index >= 15 is 0 Å². The molecule has 0 bridgehead atoms. The zero-order valence-corrected chi connectivity index (χ0v) is 10.3. The minimum atomic E-state index is -0.259. The molecule has 0 aliphatic rings. The fourth-order valence-corrected chi connectivity index (χ4v) is 2.22. The zero-order valence-electron chi connectivity index (χ0n) is 8.14. The minimum Gasteiger partial charge on any atom is -0.465 e. The van der Waals surface area contributed by atoms with Gasteiger partial charge in [-0.3, -0.25) is 0 Å². The van der Waals surface area contributed by atoms with Crippen LogP contribution in [0, 0.1) is 17.4 Å². The average molecular weight is 293 g/mol. The first kappa shape index (κ1) is 10.6. The Bertz CT molecular complexity index is 329. The number of esters is 1. The number of carbonyl (C=O) groups is 1. The van der Waals surface area contributed by atoms with Gasteiger partial charge in [0.05, 0.1) is 12.7 Å². The number of hydrogen-bond donors (Lipinski definition) is 0. The van der Waals surface area contributed by atoms with Gasteiger partial charge in [-0.2, -0.15) is 0 Å². The van der Waals surface area contributed by atoms with Gasteiger partial charge in [-0.15, -0.1) is 0 Å². The second-order valence-corrected chi connectivity index (χ2v) is 3.99. The van der Waals surface area contributed by atoms with E-state index in [-0.39, 0.29) is 5.97 Å². The summed E-state index contributed by atoms with van der Waals surface area (Å²) in [5.41, 5.74) is 2.73. The maximum Gasteiger partial charge on any atom is 0.340 e. The van der Waals surface area contributed by atoms with Crippen molar-refractivity contribution in [3.63, 3.8) is 0 Å². The molecule has 0 atom stereocenters. The van der Waals surface area contributed by atoms with Crippen molar-refractivity contribution in [1.82, 2.24) is 4.57 Å². The molecule has 0 spiro atoms. The summed E-state index contributed by atoms with van der Waals surface area (Å²) in [4.78, 5) is 11.4. The predicted octanol–water partition coefficient (Wildman–Crippen LogP) is 2.03. The number of hydrogen-bond acceptors (Lipinski definition) is 2. The summed E-state index contributed by atoms with van der Waals surface area (Å²) >= 11 is 2.17. The van der Waals surface area contributed by atoms with Crippen molar-refractivity contribution >= 4 is 28.6 Å². The highest BCUT2D eigenvalue weighted by Gasteiger charge is 2.19. The number of rotatable bonds is 1. The van der Waals surface area contributed by atoms with Gasteiger partial charge in [0.25, 0.3) is 0 Å². The van der Waals surface area contributed by atoms with E-state index in [0.29, 0.717) is 5.56 Å². The summed E-state index contributed by atoms with van der Waals surface area (Å²) in [5, 5.41) is 0. The molecule has 0 N–H and O–H groups in total. The Morgan fingerprint density at radius 2 is 1.92 bits per heavy atom. The molecule has 0 aliphatic carbocycles. The van der Waals surface area contributed by atoms with Crippen LogP contribution in [-0.2, 0) is 11.8 Å². The molecule has 72 valence electrons. The number of nitrogens with zero attached hydrogens (tertiary/aromatic N) is 1. The maximum absolute atomic E-state index is 11.4. The standard InChI is InChI=1S/C9H12INO2/c1-5-7(9(12)13-4)8(10)6(2)11(5)3/h1-4H3. The van der Waals surface area contributed by atoms with Crippen molar-refractivity contribution in [2.24, 2.45) is 7.05 Å². The van der Waals surface area contributed by atoms with Gasteiger partial charge >= 0.3 is 5.97 Å². The van der Waals surface area contributed by atoms with E-state index in [1.807, 2.05) is 25.5 Å². The molecule has 1 rings (SSSR count). The summed E-state index contributed by atoms with van der Waals surface area (Å²) in [5.74, 6) is -0.259. The maximum atomic E-state index is 11.4. The van der Waals surface area contributed by atoms with Crippen LogP contribution in [0.25, 0.3) is 0 Å². The van der Waals surface area contributed by atoms with Crippen LogP contribution in [0.2, 0.25) is 0 Å². The van der Waals surface area contributed by atoms with Crippen LogP contribution in [0.3, 0.4) is 0 Å². The molecule has 0 aliphatic heterocycles. The first-order valence-electron chi connectivity index (χ1n) is 3.90. The lowest BCUT2D eigenvalue weighted by Crippen LogP contribution is -2.04. The average Bonchev–Trinajstić information content (AvgIpc) is 2.30. The van der Waals surface area contributed by atoms with Crippen LogP contribution in [0.5, 0.6) is 0 Å². The third-order valence-corrected chi connectivity index (χ3v) is 3.61. The van der Waals surface area contributed by atoms with Crippen molar-refractivity contribution in [3.05, 3.63) is 20.5 Å². The van der Waals surface area contributed by atoms with Crippen molar-refractivity contribution in [1.29, 1.82) is 0 Å². The van der Waals surface area contributed by atoms with E-state index in [1.54, 1.807) is 0 Å².